The van der Waals surface area contributed by atoms with E-state index < -0.39 is 29.7 Å². The molecule has 0 bridgehead atoms. The van der Waals surface area contributed by atoms with Gasteiger partial charge in [-0.05, 0) is 36.2 Å². The first kappa shape index (κ1) is 26.1. The summed E-state index contributed by atoms with van der Waals surface area (Å²) in [4.78, 5) is 80.5. The van der Waals surface area contributed by atoms with Gasteiger partial charge in [0, 0.05) is 53.0 Å². The molecule has 1 saturated carbocycles. The van der Waals surface area contributed by atoms with Gasteiger partial charge in [-0.25, -0.2) is 0 Å². The van der Waals surface area contributed by atoms with Crippen molar-refractivity contribution in [1.82, 2.24) is 15.2 Å². The molecule has 3 N–H and O–H groups in total. The maximum atomic E-state index is 13.3. The van der Waals surface area contributed by atoms with Gasteiger partial charge >= 0.3 is 0 Å². The molecule has 2 aliphatic heterocycles. The number of H-pyrrole nitrogens is 1. The lowest BCUT2D eigenvalue weighted by molar-refractivity contribution is -0.136. The van der Waals surface area contributed by atoms with E-state index in [9.17, 15) is 28.8 Å². The summed E-state index contributed by atoms with van der Waals surface area (Å²) in [5.74, 6) is -3.64. The number of amides is 4. The van der Waals surface area contributed by atoms with Crippen LogP contribution in [0.25, 0.3) is 10.9 Å². The number of aromatic amines is 1. The summed E-state index contributed by atoms with van der Waals surface area (Å²) in [5.41, 5.74) is 1.87. The summed E-state index contributed by atoms with van der Waals surface area (Å²) in [6.07, 6.45) is 3.12. The molecule has 202 valence electrons. The SMILES string of the molecule is O=C1CCC(N2C(=O)c3cccc(NC=C4C(=O)CC(c5c(Br)ccc6[nH]cc(Cl)c56)CC4=O)c3C2=O)C(=O)N1. The number of carbonyl (C=O) groups excluding carboxylic acids is 6. The minimum Gasteiger partial charge on any atom is -0.360 e. The standard InChI is InChI=1S/C28H20BrClN4O6/c29-15-4-5-18-25(16(30)11-32-18)23(15)12-8-20(35)14(21(36)9-12)10-31-17-3-1-2-13-24(17)28(40)34(27(13)39)19-6-7-22(37)33-26(19)38/h1-5,10-12,19,31-32H,6-9H2,(H,33,37,38). The Labute approximate surface area is 240 Å². The molecule has 0 spiro atoms. The van der Waals surface area contributed by atoms with Crippen LogP contribution in [0.2, 0.25) is 5.02 Å². The fraction of sp³-hybridized carbons (Fsp3) is 0.214. The van der Waals surface area contributed by atoms with Gasteiger partial charge < -0.3 is 10.3 Å². The van der Waals surface area contributed by atoms with Gasteiger partial charge in [0.2, 0.25) is 11.8 Å². The molecule has 4 amide bonds. The van der Waals surface area contributed by atoms with Gasteiger partial charge in [0.05, 0.1) is 27.4 Å². The minimum atomic E-state index is -1.10. The number of nitrogens with one attached hydrogen (secondary N) is 3. The molecule has 3 heterocycles. The third kappa shape index (κ3) is 4.16. The monoisotopic (exact) mass is 622 g/mol. The van der Waals surface area contributed by atoms with Crippen LogP contribution in [0.3, 0.4) is 0 Å². The number of anilines is 1. The van der Waals surface area contributed by atoms with E-state index in [2.05, 4.69) is 31.5 Å². The van der Waals surface area contributed by atoms with Crippen molar-refractivity contribution < 1.29 is 28.8 Å². The first-order chi connectivity index (χ1) is 19.2. The molecule has 1 atom stereocenters. The molecule has 3 aliphatic rings. The quantitative estimate of drug-likeness (QED) is 0.226. The van der Waals surface area contributed by atoms with Crippen LogP contribution in [0.4, 0.5) is 5.69 Å². The molecule has 40 heavy (non-hydrogen) atoms. The zero-order chi connectivity index (χ0) is 28.3. The topological polar surface area (TPSA) is 146 Å². The number of Topliss-reactive ketones (excluding diaryl/α,β-unsaturated/α-hetero) is 2. The number of halogens is 2. The van der Waals surface area contributed by atoms with Gasteiger partial charge in [0.15, 0.2) is 11.6 Å². The van der Waals surface area contributed by atoms with Crippen LogP contribution < -0.4 is 10.6 Å². The number of benzene rings is 2. The van der Waals surface area contributed by atoms with Crippen LogP contribution in [-0.2, 0) is 19.2 Å². The molecular formula is C28H20BrClN4O6. The van der Waals surface area contributed by atoms with Crippen molar-refractivity contribution in [3.63, 3.8) is 0 Å². The van der Waals surface area contributed by atoms with E-state index in [0.29, 0.717) is 5.02 Å². The van der Waals surface area contributed by atoms with E-state index in [1.807, 2.05) is 12.1 Å². The second-order valence-corrected chi connectivity index (χ2v) is 11.1. The Kier molecular flexibility index (Phi) is 6.42. The van der Waals surface area contributed by atoms with E-state index in [1.54, 1.807) is 18.3 Å². The third-order valence-corrected chi connectivity index (χ3v) is 8.49. The summed E-state index contributed by atoms with van der Waals surface area (Å²) >= 11 is 9.94. The first-order valence-corrected chi connectivity index (χ1v) is 13.7. The lowest BCUT2D eigenvalue weighted by Gasteiger charge is -2.27. The van der Waals surface area contributed by atoms with Gasteiger partial charge in [-0.2, -0.15) is 0 Å². The number of imide groups is 2. The van der Waals surface area contributed by atoms with Crippen LogP contribution in [-0.4, -0.2) is 51.1 Å². The molecule has 6 rings (SSSR count). The number of ketones is 2. The first-order valence-electron chi connectivity index (χ1n) is 12.5. The fourth-order valence-electron chi connectivity index (χ4n) is 5.63. The smallest absolute Gasteiger partial charge is 0.264 e. The third-order valence-electron chi connectivity index (χ3n) is 7.50. The van der Waals surface area contributed by atoms with Crippen molar-refractivity contribution in [3.8, 4) is 0 Å². The predicted octanol–water partition coefficient (Wildman–Crippen LogP) is 4.00. The number of rotatable bonds is 4. The highest BCUT2D eigenvalue weighted by Crippen LogP contribution is 2.42. The molecule has 1 aliphatic carbocycles. The lowest BCUT2D eigenvalue weighted by Crippen LogP contribution is -2.54. The van der Waals surface area contributed by atoms with Crippen molar-refractivity contribution in [3.05, 3.63) is 74.5 Å². The average molecular weight is 624 g/mol. The van der Waals surface area contributed by atoms with E-state index in [4.69, 9.17) is 11.6 Å². The molecule has 2 fully saturated rings. The number of fused-ring (bicyclic) bond motifs is 2. The summed E-state index contributed by atoms with van der Waals surface area (Å²) in [6, 6.07) is 7.17. The van der Waals surface area contributed by atoms with Gasteiger partial charge in [-0.1, -0.05) is 33.6 Å². The highest BCUT2D eigenvalue weighted by atomic mass is 79.9. The Bertz CT molecular complexity index is 1710. The van der Waals surface area contributed by atoms with Crippen molar-refractivity contribution in [2.75, 3.05) is 5.32 Å². The molecular weight excluding hydrogens is 604 g/mol. The highest BCUT2D eigenvalue weighted by Gasteiger charge is 2.45. The summed E-state index contributed by atoms with van der Waals surface area (Å²) in [7, 11) is 0. The zero-order valence-electron chi connectivity index (χ0n) is 20.7. The second-order valence-electron chi connectivity index (χ2n) is 9.85. The number of allylic oxidation sites excluding steroid dienone is 1. The Hall–Kier alpha value is -4.09. The number of aromatic nitrogens is 1. The normalized spacial score (nSPS) is 21.2. The van der Waals surface area contributed by atoms with Gasteiger partial charge in [0.1, 0.15) is 6.04 Å². The van der Waals surface area contributed by atoms with Crippen molar-refractivity contribution in [1.29, 1.82) is 0 Å². The van der Waals surface area contributed by atoms with E-state index >= 15 is 0 Å². The Morgan fingerprint density at radius 3 is 2.48 bits per heavy atom. The second kappa shape index (κ2) is 9.83. The molecule has 12 heteroatoms. The largest absolute Gasteiger partial charge is 0.360 e. The number of hydrogen-bond donors (Lipinski definition) is 3. The number of hydrogen-bond acceptors (Lipinski definition) is 7. The maximum Gasteiger partial charge on any atom is 0.264 e. The van der Waals surface area contributed by atoms with Crippen LogP contribution in [0, 0.1) is 0 Å². The number of carbonyl (C=O) groups is 6. The molecule has 10 nitrogen and oxygen atoms in total. The predicted molar refractivity (Wildman–Crippen MR) is 148 cm³/mol. The summed E-state index contributed by atoms with van der Waals surface area (Å²) in [6.45, 7) is 0. The van der Waals surface area contributed by atoms with Gasteiger partial charge in [0.25, 0.3) is 11.8 Å². The van der Waals surface area contributed by atoms with Crippen LogP contribution in [0.1, 0.15) is 57.9 Å². The van der Waals surface area contributed by atoms with Crippen LogP contribution >= 0.6 is 27.5 Å². The van der Waals surface area contributed by atoms with Crippen molar-refractivity contribution >= 4 is 79.3 Å². The van der Waals surface area contributed by atoms with Crippen molar-refractivity contribution in [2.24, 2.45) is 0 Å². The Morgan fingerprint density at radius 2 is 1.75 bits per heavy atom. The maximum absolute atomic E-state index is 13.3. The lowest BCUT2D eigenvalue weighted by atomic mass is 9.79. The minimum absolute atomic E-state index is 0.00754. The van der Waals surface area contributed by atoms with Crippen LogP contribution in [0.15, 0.2) is 52.8 Å². The van der Waals surface area contributed by atoms with E-state index in [1.165, 1.54) is 12.3 Å². The van der Waals surface area contributed by atoms with Gasteiger partial charge in [-0.3, -0.25) is 39.0 Å². The molecule has 1 unspecified atom stereocenters. The van der Waals surface area contributed by atoms with E-state index in [0.717, 1.165) is 25.8 Å². The molecule has 0 radical (unpaired) electrons. The van der Waals surface area contributed by atoms with Gasteiger partial charge in [-0.15, -0.1) is 0 Å². The molecule has 3 aromatic rings. The highest BCUT2D eigenvalue weighted by molar-refractivity contribution is 9.10. The molecule has 1 saturated heterocycles. The number of nitrogens with zero attached hydrogens (tertiary/aromatic N) is 1. The Balaban J connectivity index is 1.25. The molecule has 1 aromatic heterocycles. The summed E-state index contributed by atoms with van der Waals surface area (Å²) < 4.78 is 0.751. The molecule has 2 aromatic carbocycles. The van der Waals surface area contributed by atoms with Crippen molar-refractivity contribution in [2.45, 2.75) is 37.6 Å². The zero-order valence-corrected chi connectivity index (χ0v) is 23.0. The summed E-state index contributed by atoms with van der Waals surface area (Å²) in [5, 5.41) is 6.29. The number of piperidine rings is 1. The fourth-order valence-corrected chi connectivity index (χ4v) is 6.54. The Morgan fingerprint density at radius 1 is 1.00 bits per heavy atom. The average Bonchev–Trinajstić information content (AvgIpc) is 3.40. The van der Waals surface area contributed by atoms with E-state index in [-0.39, 0.29) is 65.6 Å². The van der Waals surface area contributed by atoms with Crippen LogP contribution in [0.5, 0.6) is 0 Å².